The van der Waals surface area contributed by atoms with Gasteiger partial charge >= 0.3 is 11.6 Å². The van der Waals surface area contributed by atoms with Crippen LogP contribution >= 0.6 is 0 Å². The zero-order valence-electron chi connectivity index (χ0n) is 28.0. The van der Waals surface area contributed by atoms with Gasteiger partial charge in [0.15, 0.2) is 11.6 Å². The molecule has 3 aromatic rings. The molecular weight excluding hydrogens is 592 g/mol. The van der Waals surface area contributed by atoms with Crippen LogP contribution in [0.15, 0.2) is 23.6 Å². The lowest BCUT2D eigenvalue weighted by molar-refractivity contribution is -0.392. The van der Waals surface area contributed by atoms with Crippen LogP contribution in [-0.4, -0.2) is 117 Å². The maximum atomic E-state index is 11.6. The van der Waals surface area contributed by atoms with Gasteiger partial charge in [-0.3, -0.25) is 14.8 Å². The third-order valence-electron chi connectivity index (χ3n) is 9.00. The van der Waals surface area contributed by atoms with Crippen molar-refractivity contribution in [3.63, 3.8) is 0 Å². The number of aryl methyl sites for hydroxylation is 4. The summed E-state index contributed by atoms with van der Waals surface area (Å²) in [5, 5.41) is 23.1. The van der Waals surface area contributed by atoms with E-state index in [1.165, 1.54) is 12.4 Å². The number of nitro groups is 2. The van der Waals surface area contributed by atoms with Crippen LogP contribution in [-0.2, 0) is 19.6 Å². The fourth-order valence-corrected chi connectivity index (χ4v) is 6.15. The van der Waals surface area contributed by atoms with Gasteiger partial charge < -0.3 is 29.7 Å². The molecule has 46 heavy (non-hydrogen) atoms. The highest BCUT2D eigenvalue weighted by Gasteiger charge is 2.23. The predicted molar refractivity (Wildman–Crippen MR) is 175 cm³/mol. The molecule has 1 atom stereocenters. The summed E-state index contributed by atoms with van der Waals surface area (Å²) in [7, 11) is 0. The molecule has 4 heterocycles. The molecule has 0 aliphatic carbocycles. The minimum atomic E-state index is -0.382. The number of hydrogen-bond donors (Lipinski definition) is 0. The first-order valence-corrected chi connectivity index (χ1v) is 16.0. The van der Waals surface area contributed by atoms with Crippen LogP contribution in [0, 0.1) is 47.9 Å². The number of amidine groups is 1. The number of aromatic nitrogens is 6. The van der Waals surface area contributed by atoms with Crippen molar-refractivity contribution >= 4 is 17.5 Å². The minimum Gasteiger partial charge on any atom is -0.358 e. The van der Waals surface area contributed by atoms with Gasteiger partial charge in [0.2, 0.25) is 0 Å². The van der Waals surface area contributed by atoms with E-state index < -0.39 is 0 Å². The van der Waals surface area contributed by atoms with Gasteiger partial charge in [0.1, 0.15) is 31.3 Å². The van der Waals surface area contributed by atoms with Crippen LogP contribution in [0.1, 0.15) is 49.9 Å². The Labute approximate surface area is 270 Å². The maximum absolute atomic E-state index is 11.6. The second-order valence-electron chi connectivity index (χ2n) is 12.1. The van der Waals surface area contributed by atoms with E-state index in [-0.39, 0.29) is 21.5 Å². The molecule has 1 aliphatic heterocycles. The number of imidazole rings is 3. The number of hydrogen-bond acceptors (Lipinski definition) is 11. The maximum Gasteiger partial charge on any atom is 0.342 e. The van der Waals surface area contributed by atoms with E-state index in [1.54, 1.807) is 23.0 Å². The van der Waals surface area contributed by atoms with Crippen molar-refractivity contribution in [2.24, 2.45) is 4.99 Å². The molecule has 0 saturated heterocycles. The fraction of sp³-hybridized carbons (Fsp3) is 0.667. The Morgan fingerprint density at radius 3 is 1.54 bits per heavy atom. The van der Waals surface area contributed by atoms with E-state index >= 15 is 0 Å². The third-order valence-corrected chi connectivity index (χ3v) is 9.00. The van der Waals surface area contributed by atoms with E-state index in [2.05, 4.69) is 46.1 Å². The molecule has 0 radical (unpaired) electrons. The fourth-order valence-electron chi connectivity index (χ4n) is 6.15. The lowest BCUT2D eigenvalue weighted by Crippen LogP contribution is -2.41. The van der Waals surface area contributed by atoms with Gasteiger partial charge in [0, 0.05) is 71.0 Å². The van der Waals surface area contributed by atoms with Crippen molar-refractivity contribution in [2.75, 3.05) is 52.4 Å². The first-order valence-electron chi connectivity index (χ1n) is 16.0. The SMILES string of the molecule is CC1=NCC(C)N1CCN(CCCCN(CCn1c(C)cnc1C)CCn1c([N+](=O)[O-])cnc1C)CCn1c([N+](=O)[O-])cnc1C. The van der Waals surface area contributed by atoms with E-state index in [1.807, 2.05) is 27.0 Å². The summed E-state index contributed by atoms with van der Waals surface area (Å²) in [4.78, 5) is 46.8. The Kier molecular flexibility index (Phi) is 12.0. The van der Waals surface area contributed by atoms with Crippen molar-refractivity contribution in [3.8, 4) is 0 Å². The molecule has 0 saturated carbocycles. The number of rotatable bonds is 19. The number of nitrogens with zero attached hydrogens (tertiary/aromatic N) is 12. The van der Waals surface area contributed by atoms with Gasteiger partial charge in [-0.2, -0.15) is 0 Å². The summed E-state index contributed by atoms with van der Waals surface area (Å²) in [5.41, 5.74) is 1.11. The highest BCUT2D eigenvalue weighted by Crippen LogP contribution is 2.16. The standard InChI is InChI=1S/C30H48N12O4/c1-23-19-31-25(3)37(23)15-11-35(13-17-39-27(5)33-21-29(39)41(43)44)9-7-8-10-36(12-16-38-24(2)20-32-26(38)4)14-18-40-28(6)34-22-30(40)42(45)46/h19,21-22,24H,7-18,20H2,1-6H3. The van der Waals surface area contributed by atoms with Gasteiger partial charge in [-0.05, 0) is 63.5 Å². The molecule has 0 aromatic carbocycles. The van der Waals surface area contributed by atoms with E-state index in [0.29, 0.717) is 43.9 Å². The molecule has 1 unspecified atom stereocenters. The van der Waals surface area contributed by atoms with Crippen LogP contribution in [0.2, 0.25) is 0 Å². The van der Waals surface area contributed by atoms with Crippen molar-refractivity contribution < 1.29 is 9.85 Å². The Morgan fingerprint density at radius 1 is 0.696 bits per heavy atom. The first kappa shape index (κ1) is 34.7. The molecule has 3 aromatic heterocycles. The molecule has 16 nitrogen and oxygen atoms in total. The highest BCUT2D eigenvalue weighted by atomic mass is 16.6. The van der Waals surface area contributed by atoms with Crippen molar-refractivity contribution in [1.82, 2.24) is 43.4 Å². The smallest absolute Gasteiger partial charge is 0.342 e. The molecule has 0 bridgehead atoms. The third kappa shape index (κ3) is 8.75. The largest absolute Gasteiger partial charge is 0.358 e. The Morgan fingerprint density at radius 2 is 1.13 bits per heavy atom. The quantitative estimate of drug-likeness (QED) is 0.108. The highest BCUT2D eigenvalue weighted by molar-refractivity contribution is 5.81. The molecule has 0 fully saturated rings. The van der Waals surface area contributed by atoms with Gasteiger partial charge in [-0.15, -0.1) is 0 Å². The average molecular weight is 641 g/mol. The van der Waals surface area contributed by atoms with Gasteiger partial charge in [0.25, 0.3) is 0 Å². The monoisotopic (exact) mass is 640 g/mol. The normalized spacial score (nSPS) is 15.0. The van der Waals surface area contributed by atoms with Crippen molar-refractivity contribution in [1.29, 1.82) is 0 Å². The zero-order chi connectivity index (χ0) is 33.4. The second-order valence-corrected chi connectivity index (χ2v) is 12.1. The lowest BCUT2D eigenvalue weighted by Gasteiger charge is -2.29. The summed E-state index contributed by atoms with van der Waals surface area (Å²) >= 11 is 0. The minimum absolute atomic E-state index is 0.00959. The van der Waals surface area contributed by atoms with Crippen LogP contribution < -0.4 is 0 Å². The second kappa shape index (κ2) is 15.9. The summed E-state index contributed by atoms with van der Waals surface area (Å²) in [6.07, 6.45) is 6.41. The number of unbranched alkanes of at least 4 members (excludes halogenated alkanes) is 1. The van der Waals surface area contributed by atoms with Crippen LogP contribution in [0.4, 0.5) is 11.6 Å². The molecule has 252 valence electrons. The van der Waals surface area contributed by atoms with Crippen LogP contribution in [0.3, 0.4) is 0 Å². The lowest BCUT2D eigenvalue weighted by atomic mass is 10.2. The molecule has 0 N–H and O–H groups in total. The van der Waals surface area contributed by atoms with Crippen molar-refractivity contribution in [3.05, 3.63) is 62.0 Å². The molecule has 0 spiro atoms. The summed E-state index contributed by atoms with van der Waals surface area (Å²) in [6.45, 7) is 19.9. The topological polar surface area (TPSA) is 162 Å². The summed E-state index contributed by atoms with van der Waals surface area (Å²) in [5.74, 6) is 3.31. The summed E-state index contributed by atoms with van der Waals surface area (Å²) in [6, 6.07) is 0.366. The van der Waals surface area contributed by atoms with Gasteiger partial charge in [0.05, 0.1) is 12.4 Å². The molecule has 0 amide bonds. The Hall–Kier alpha value is -4.18. The van der Waals surface area contributed by atoms with E-state index in [4.69, 9.17) is 0 Å². The zero-order valence-corrected chi connectivity index (χ0v) is 28.0. The van der Waals surface area contributed by atoms with Gasteiger partial charge in [-0.25, -0.2) is 24.1 Å². The molecule has 4 rings (SSSR count). The Bertz CT molecular complexity index is 1490. The van der Waals surface area contributed by atoms with Crippen molar-refractivity contribution in [2.45, 2.75) is 80.1 Å². The molecule has 16 heteroatoms. The van der Waals surface area contributed by atoms with Crippen LogP contribution in [0.5, 0.6) is 0 Å². The molecular formula is C30H48N12O4. The number of aliphatic imine (C=N–C) groups is 1. The van der Waals surface area contributed by atoms with E-state index in [0.717, 1.165) is 76.0 Å². The van der Waals surface area contributed by atoms with Gasteiger partial charge in [-0.1, -0.05) is 0 Å². The molecule has 1 aliphatic rings. The average Bonchev–Trinajstić information content (AvgIpc) is 3.75. The first-order chi connectivity index (χ1) is 22.0. The summed E-state index contributed by atoms with van der Waals surface area (Å²) < 4.78 is 5.54. The van der Waals surface area contributed by atoms with E-state index in [9.17, 15) is 20.2 Å². The Balaban J connectivity index is 1.38. The predicted octanol–water partition coefficient (Wildman–Crippen LogP) is 3.23. The van der Waals surface area contributed by atoms with Crippen LogP contribution in [0.25, 0.3) is 0 Å².